The molecule has 1 aromatic rings. The lowest BCUT2D eigenvalue weighted by molar-refractivity contribution is -0.122. The van der Waals surface area contributed by atoms with E-state index >= 15 is 0 Å². The number of nitrogens with zero attached hydrogens (tertiary/aromatic N) is 4. The normalized spacial score (nSPS) is 10.0. The molecular weight excluding hydrogens is 194 g/mol. The molecule has 6 heteroatoms. The number of nitrogens with one attached hydrogen (secondary N) is 1. The molecule has 0 fully saturated rings. The molecule has 0 atom stereocenters. The van der Waals surface area contributed by atoms with Crippen molar-refractivity contribution in [2.45, 2.75) is 20.4 Å². The average molecular weight is 207 g/mol. The van der Waals surface area contributed by atoms with Crippen LogP contribution in [0.2, 0.25) is 0 Å². The minimum Gasteiger partial charge on any atom is -0.354 e. The highest BCUT2D eigenvalue weighted by Gasteiger charge is 2.05. The summed E-state index contributed by atoms with van der Waals surface area (Å²) in [5.74, 6) is 0.365. The molecule has 80 valence electrons. The highest BCUT2D eigenvalue weighted by molar-refractivity contribution is 5.75. The fraction of sp³-hybridized carbons (Fsp3) is 0.556. The van der Waals surface area contributed by atoms with Crippen molar-refractivity contribution >= 4 is 5.91 Å². The van der Waals surface area contributed by atoms with Crippen molar-refractivity contribution in [3.05, 3.63) is 12.2 Å². The van der Waals surface area contributed by atoms with Crippen LogP contribution in [0.5, 0.6) is 0 Å². The van der Waals surface area contributed by atoms with Crippen molar-refractivity contribution < 1.29 is 4.79 Å². The van der Waals surface area contributed by atoms with Gasteiger partial charge in [0, 0.05) is 6.54 Å². The second-order valence-electron chi connectivity index (χ2n) is 3.58. The standard InChI is InChI=1S/C9H13N5O/c1-7(2)4-11-9(15)5-14-6-12-8(3-10)13-14/h6-7H,4-5H2,1-2H3,(H,11,15). The zero-order valence-corrected chi connectivity index (χ0v) is 8.77. The number of aromatic nitrogens is 3. The Morgan fingerprint density at radius 2 is 2.47 bits per heavy atom. The van der Waals surface area contributed by atoms with Gasteiger partial charge in [-0.25, -0.2) is 9.67 Å². The summed E-state index contributed by atoms with van der Waals surface area (Å²) < 4.78 is 1.34. The van der Waals surface area contributed by atoms with Gasteiger partial charge in [0.05, 0.1) is 0 Å². The maximum absolute atomic E-state index is 11.3. The molecule has 0 aliphatic carbocycles. The molecule has 0 aliphatic heterocycles. The summed E-state index contributed by atoms with van der Waals surface area (Å²) in [4.78, 5) is 15.0. The summed E-state index contributed by atoms with van der Waals surface area (Å²) in [5, 5.41) is 15.0. The second kappa shape index (κ2) is 5.10. The van der Waals surface area contributed by atoms with E-state index in [1.807, 2.05) is 13.8 Å². The summed E-state index contributed by atoms with van der Waals surface area (Å²) >= 11 is 0. The van der Waals surface area contributed by atoms with Crippen molar-refractivity contribution in [1.29, 1.82) is 5.26 Å². The zero-order chi connectivity index (χ0) is 11.3. The zero-order valence-electron chi connectivity index (χ0n) is 8.77. The van der Waals surface area contributed by atoms with Crippen molar-refractivity contribution in [3.8, 4) is 6.07 Å². The number of amides is 1. The third kappa shape index (κ3) is 3.77. The van der Waals surface area contributed by atoms with E-state index in [2.05, 4.69) is 15.4 Å². The van der Waals surface area contributed by atoms with Crippen molar-refractivity contribution in [1.82, 2.24) is 20.1 Å². The third-order valence-corrected chi connectivity index (χ3v) is 1.65. The lowest BCUT2D eigenvalue weighted by Crippen LogP contribution is -2.30. The van der Waals surface area contributed by atoms with Crippen LogP contribution in [0.25, 0.3) is 0 Å². The first kappa shape index (κ1) is 11.2. The molecule has 0 bridgehead atoms. The van der Waals surface area contributed by atoms with Crippen LogP contribution >= 0.6 is 0 Å². The summed E-state index contributed by atoms with van der Waals surface area (Å²) in [6.45, 7) is 4.77. The summed E-state index contributed by atoms with van der Waals surface area (Å²) in [6.07, 6.45) is 1.37. The molecule has 0 saturated heterocycles. The topological polar surface area (TPSA) is 83.6 Å². The Bertz CT molecular complexity index is 376. The quantitative estimate of drug-likeness (QED) is 0.748. The minimum absolute atomic E-state index is 0.0756. The first-order valence-electron chi connectivity index (χ1n) is 4.68. The minimum atomic E-state index is -0.127. The van der Waals surface area contributed by atoms with Gasteiger partial charge in [-0.05, 0) is 5.92 Å². The van der Waals surface area contributed by atoms with E-state index in [-0.39, 0.29) is 18.3 Å². The van der Waals surface area contributed by atoms with Crippen molar-refractivity contribution in [2.24, 2.45) is 5.92 Å². The Hall–Kier alpha value is -1.90. The number of hydrogen-bond donors (Lipinski definition) is 1. The molecule has 0 unspecified atom stereocenters. The number of carbonyl (C=O) groups is 1. The van der Waals surface area contributed by atoms with Gasteiger partial charge >= 0.3 is 0 Å². The molecule has 0 saturated carbocycles. The number of nitriles is 1. The lowest BCUT2D eigenvalue weighted by atomic mass is 10.2. The van der Waals surface area contributed by atoms with E-state index < -0.39 is 0 Å². The maximum Gasteiger partial charge on any atom is 0.252 e. The highest BCUT2D eigenvalue weighted by atomic mass is 16.2. The van der Waals surface area contributed by atoms with Crippen LogP contribution in [0.1, 0.15) is 19.7 Å². The Morgan fingerprint density at radius 3 is 3.00 bits per heavy atom. The van der Waals surface area contributed by atoms with Crippen LogP contribution in [-0.4, -0.2) is 27.2 Å². The Kier molecular flexibility index (Phi) is 3.80. The molecule has 1 amide bonds. The van der Waals surface area contributed by atoms with Gasteiger partial charge in [0.15, 0.2) is 0 Å². The summed E-state index contributed by atoms with van der Waals surface area (Å²) in [6, 6.07) is 1.80. The van der Waals surface area contributed by atoms with E-state index in [0.717, 1.165) is 0 Å². The Morgan fingerprint density at radius 1 is 1.73 bits per heavy atom. The maximum atomic E-state index is 11.3. The first-order valence-corrected chi connectivity index (χ1v) is 4.68. The SMILES string of the molecule is CC(C)CNC(=O)Cn1cnc(C#N)n1. The second-order valence-corrected chi connectivity index (χ2v) is 3.58. The van der Waals surface area contributed by atoms with E-state index in [1.165, 1.54) is 11.0 Å². The summed E-state index contributed by atoms with van der Waals surface area (Å²) in [7, 11) is 0. The predicted molar refractivity (Wildman–Crippen MR) is 52.6 cm³/mol. The molecule has 15 heavy (non-hydrogen) atoms. The molecular formula is C9H13N5O. The van der Waals surface area contributed by atoms with Crippen LogP contribution in [-0.2, 0) is 11.3 Å². The van der Waals surface area contributed by atoms with Gasteiger partial charge in [0.2, 0.25) is 5.91 Å². The van der Waals surface area contributed by atoms with Crippen LogP contribution in [0.4, 0.5) is 0 Å². The monoisotopic (exact) mass is 207 g/mol. The Balaban J connectivity index is 2.41. The third-order valence-electron chi connectivity index (χ3n) is 1.65. The van der Waals surface area contributed by atoms with Crippen LogP contribution in [0.15, 0.2) is 6.33 Å². The van der Waals surface area contributed by atoms with E-state index in [9.17, 15) is 4.79 Å². The van der Waals surface area contributed by atoms with Gasteiger partial charge in [-0.15, -0.1) is 5.10 Å². The van der Waals surface area contributed by atoms with Gasteiger partial charge < -0.3 is 5.32 Å². The average Bonchev–Trinajstić information content (AvgIpc) is 2.62. The molecule has 0 aromatic carbocycles. The van der Waals surface area contributed by atoms with Crippen LogP contribution < -0.4 is 5.32 Å². The first-order chi connectivity index (χ1) is 7.11. The smallest absolute Gasteiger partial charge is 0.252 e. The molecule has 0 radical (unpaired) electrons. The number of rotatable bonds is 4. The van der Waals surface area contributed by atoms with Gasteiger partial charge in [-0.2, -0.15) is 5.26 Å². The Labute approximate surface area is 87.9 Å². The molecule has 1 aromatic heterocycles. The number of hydrogen-bond acceptors (Lipinski definition) is 4. The van der Waals surface area contributed by atoms with Gasteiger partial charge in [0.1, 0.15) is 18.9 Å². The van der Waals surface area contributed by atoms with Crippen molar-refractivity contribution in [2.75, 3.05) is 6.54 Å². The van der Waals surface area contributed by atoms with Gasteiger partial charge in [-0.1, -0.05) is 13.8 Å². The number of carbonyl (C=O) groups excluding carboxylic acids is 1. The lowest BCUT2D eigenvalue weighted by Gasteiger charge is -2.06. The molecule has 1 N–H and O–H groups in total. The van der Waals surface area contributed by atoms with Crippen LogP contribution in [0, 0.1) is 17.2 Å². The molecule has 0 spiro atoms. The fourth-order valence-corrected chi connectivity index (χ4v) is 0.943. The molecule has 0 aliphatic rings. The molecule has 6 nitrogen and oxygen atoms in total. The van der Waals surface area contributed by atoms with Gasteiger partial charge in [-0.3, -0.25) is 4.79 Å². The van der Waals surface area contributed by atoms with E-state index in [0.29, 0.717) is 12.5 Å². The van der Waals surface area contributed by atoms with Gasteiger partial charge in [0.25, 0.3) is 5.82 Å². The molecule has 1 heterocycles. The summed E-state index contributed by atoms with van der Waals surface area (Å²) in [5.41, 5.74) is 0. The largest absolute Gasteiger partial charge is 0.354 e. The van der Waals surface area contributed by atoms with Crippen LogP contribution in [0.3, 0.4) is 0 Å². The van der Waals surface area contributed by atoms with E-state index in [1.54, 1.807) is 6.07 Å². The fourth-order valence-electron chi connectivity index (χ4n) is 0.943. The highest BCUT2D eigenvalue weighted by Crippen LogP contribution is 1.89. The van der Waals surface area contributed by atoms with Crippen molar-refractivity contribution in [3.63, 3.8) is 0 Å². The molecule has 1 rings (SSSR count). The van der Waals surface area contributed by atoms with E-state index in [4.69, 9.17) is 5.26 Å². The predicted octanol–water partition coefficient (Wildman–Crippen LogP) is -0.0780.